The molecule has 0 saturated carbocycles. The molecule has 1 aliphatic rings. The van der Waals surface area contributed by atoms with Crippen LogP contribution >= 0.6 is 0 Å². The van der Waals surface area contributed by atoms with Gasteiger partial charge < -0.3 is 31.5 Å². The number of aliphatic carboxylic acids is 2. The first-order chi connectivity index (χ1) is 9.61. The van der Waals surface area contributed by atoms with E-state index in [1.165, 1.54) is 0 Å². The fourth-order valence-corrected chi connectivity index (χ4v) is 1.95. The van der Waals surface area contributed by atoms with Crippen molar-refractivity contribution < 1.29 is 19.8 Å². The first kappa shape index (κ1) is 16.8. The molecule has 1 aliphatic heterocycles. The molecule has 20 heavy (non-hydrogen) atoms. The van der Waals surface area contributed by atoms with E-state index in [1.807, 2.05) is 0 Å². The average Bonchev–Trinajstić information content (AvgIpc) is 2.40. The quantitative estimate of drug-likeness (QED) is 0.337. The Labute approximate surface area is 118 Å². The van der Waals surface area contributed by atoms with Gasteiger partial charge in [-0.05, 0) is 0 Å². The summed E-state index contributed by atoms with van der Waals surface area (Å²) >= 11 is 0. The second kappa shape index (κ2) is 9.65. The van der Waals surface area contributed by atoms with Crippen molar-refractivity contribution >= 4 is 11.9 Å². The molecule has 0 aliphatic carbocycles. The van der Waals surface area contributed by atoms with E-state index < -0.39 is 23.8 Å². The highest BCUT2D eigenvalue weighted by Crippen LogP contribution is 1.95. The van der Waals surface area contributed by atoms with Crippen molar-refractivity contribution in [2.75, 3.05) is 52.4 Å². The second-order valence-electron chi connectivity index (χ2n) is 4.89. The van der Waals surface area contributed by atoms with E-state index >= 15 is 0 Å². The molecule has 0 radical (unpaired) electrons. The van der Waals surface area contributed by atoms with Crippen molar-refractivity contribution in [1.29, 1.82) is 0 Å². The molecule has 0 aromatic heterocycles. The number of carboxylic acids is 2. The number of hydrogen-bond acceptors (Lipinski definition) is 6. The summed E-state index contributed by atoms with van der Waals surface area (Å²) in [7, 11) is 0. The lowest BCUT2D eigenvalue weighted by molar-refractivity contribution is -0.142. The van der Waals surface area contributed by atoms with E-state index in [1.54, 1.807) is 0 Å². The Bertz CT molecular complexity index is 268. The predicted molar refractivity (Wildman–Crippen MR) is 73.7 cm³/mol. The molecule has 1 heterocycles. The van der Waals surface area contributed by atoms with Crippen molar-refractivity contribution in [3.63, 3.8) is 0 Å². The maximum atomic E-state index is 11.0. The highest BCUT2D eigenvalue weighted by molar-refractivity contribution is 5.70. The maximum Gasteiger partial charge on any atom is 0.309 e. The first-order valence-corrected chi connectivity index (χ1v) is 6.89. The zero-order valence-electron chi connectivity index (χ0n) is 11.5. The van der Waals surface area contributed by atoms with Gasteiger partial charge in [-0.1, -0.05) is 0 Å². The lowest BCUT2D eigenvalue weighted by Crippen LogP contribution is -2.43. The second-order valence-corrected chi connectivity index (χ2v) is 4.89. The lowest BCUT2D eigenvalue weighted by atomic mass is 10.1. The summed E-state index contributed by atoms with van der Waals surface area (Å²) in [6.07, 6.45) is 0. The van der Waals surface area contributed by atoms with Gasteiger partial charge in [0.25, 0.3) is 0 Å². The van der Waals surface area contributed by atoms with E-state index in [0.717, 1.165) is 0 Å². The largest absolute Gasteiger partial charge is 0.481 e. The summed E-state index contributed by atoms with van der Waals surface area (Å²) in [5.41, 5.74) is 0. The molecule has 116 valence electrons. The Morgan fingerprint density at radius 3 is 1.10 bits per heavy atom. The lowest BCUT2D eigenvalue weighted by Gasteiger charge is -2.18. The number of rotatable bonds is 2. The fourth-order valence-electron chi connectivity index (χ4n) is 1.95. The van der Waals surface area contributed by atoms with Crippen LogP contribution in [-0.4, -0.2) is 74.5 Å². The third-order valence-corrected chi connectivity index (χ3v) is 3.22. The van der Waals surface area contributed by atoms with Crippen LogP contribution in [0.15, 0.2) is 0 Å². The van der Waals surface area contributed by atoms with E-state index in [9.17, 15) is 9.59 Å². The molecule has 0 aromatic rings. The van der Waals surface area contributed by atoms with Crippen molar-refractivity contribution in [3.8, 4) is 0 Å². The van der Waals surface area contributed by atoms with Gasteiger partial charge in [-0.3, -0.25) is 9.59 Å². The minimum atomic E-state index is -0.816. The van der Waals surface area contributed by atoms with Gasteiger partial charge >= 0.3 is 11.9 Å². The first-order valence-electron chi connectivity index (χ1n) is 6.89. The van der Waals surface area contributed by atoms with E-state index in [2.05, 4.69) is 21.3 Å². The fraction of sp³-hybridized carbons (Fsp3) is 0.833. The number of hydrogen-bond donors (Lipinski definition) is 6. The molecule has 8 heteroatoms. The predicted octanol–water partition coefficient (Wildman–Crippen LogP) is -2.24. The van der Waals surface area contributed by atoms with Crippen LogP contribution in [0.25, 0.3) is 0 Å². The monoisotopic (exact) mass is 288 g/mol. The number of carboxylic acid groups (broad SMARTS) is 2. The maximum absolute atomic E-state index is 11.0. The van der Waals surface area contributed by atoms with Gasteiger partial charge in [0.2, 0.25) is 0 Å². The smallest absolute Gasteiger partial charge is 0.309 e. The van der Waals surface area contributed by atoms with Gasteiger partial charge in [-0.2, -0.15) is 0 Å². The summed E-state index contributed by atoms with van der Waals surface area (Å²) in [5.74, 6) is -2.54. The molecular formula is C12H24N4O4. The Balaban J connectivity index is 2.41. The highest BCUT2D eigenvalue weighted by Gasteiger charge is 2.18. The minimum absolute atomic E-state index is 0.403. The van der Waals surface area contributed by atoms with Crippen LogP contribution in [0, 0.1) is 11.8 Å². The Hall–Kier alpha value is -1.22. The van der Waals surface area contributed by atoms with Crippen LogP contribution in [0.3, 0.4) is 0 Å². The van der Waals surface area contributed by atoms with Gasteiger partial charge in [0.15, 0.2) is 0 Å². The minimum Gasteiger partial charge on any atom is -0.481 e. The third kappa shape index (κ3) is 6.80. The van der Waals surface area contributed by atoms with Gasteiger partial charge in [0, 0.05) is 52.4 Å². The molecule has 6 N–H and O–H groups in total. The van der Waals surface area contributed by atoms with Crippen LogP contribution in [0.2, 0.25) is 0 Å². The van der Waals surface area contributed by atoms with Crippen LogP contribution in [0.1, 0.15) is 0 Å². The summed E-state index contributed by atoms with van der Waals surface area (Å²) in [6.45, 7) is 4.07. The zero-order chi connectivity index (χ0) is 14.8. The molecule has 1 saturated heterocycles. The van der Waals surface area contributed by atoms with E-state index in [0.29, 0.717) is 52.4 Å². The van der Waals surface area contributed by atoms with Crippen LogP contribution in [0.5, 0.6) is 0 Å². The zero-order valence-corrected chi connectivity index (χ0v) is 11.5. The summed E-state index contributed by atoms with van der Waals surface area (Å²) in [4.78, 5) is 22.1. The van der Waals surface area contributed by atoms with Gasteiger partial charge in [0.05, 0.1) is 11.8 Å². The Kier molecular flexibility index (Phi) is 8.12. The van der Waals surface area contributed by atoms with Crippen LogP contribution < -0.4 is 21.3 Å². The van der Waals surface area contributed by atoms with Gasteiger partial charge in [0.1, 0.15) is 0 Å². The molecular weight excluding hydrogens is 264 g/mol. The number of nitrogens with one attached hydrogen (secondary N) is 4. The molecule has 0 unspecified atom stereocenters. The normalized spacial score (nSPS) is 27.4. The molecule has 0 atom stereocenters. The summed E-state index contributed by atoms with van der Waals surface area (Å²) in [6, 6.07) is 0. The molecule has 0 aromatic carbocycles. The van der Waals surface area contributed by atoms with Crippen molar-refractivity contribution in [3.05, 3.63) is 0 Å². The average molecular weight is 288 g/mol. The SMILES string of the molecule is O=C(O)C1CNCCNCC(C(=O)O)CNCCNC1. The molecule has 0 bridgehead atoms. The van der Waals surface area contributed by atoms with Gasteiger partial charge in [-0.25, -0.2) is 0 Å². The van der Waals surface area contributed by atoms with E-state index in [4.69, 9.17) is 10.2 Å². The topological polar surface area (TPSA) is 123 Å². The Morgan fingerprint density at radius 2 is 0.900 bits per heavy atom. The summed E-state index contributed by atoms with van der Waals surface area (Å²) < 4.78 is 0. The molecule has 1 fully saturated rings. The molecule has 1 rings (SSSR count). The number of carbonyl (C=O) groups is 2. The van der Waals surface area contributed by atoms with Gasteiger partial charge in [-0.15, -0.1) is 0 Å². The molecule has 0 spiro atoms. The van der Waals surface area contributed by atoms with Crippen molar-refractivity contribution in [2.45, 2.75) is 0 Å². The standard InChI is InChI=1S/C12H24N4O4/c17-11(18)9-5-13-1-2-14-6-10(12(19)20)8-16-4-3-15-7-9/h9-10,13-16H,1-8H2,(H,17,18)(H,19,20). The Morgan fingerprint density at radius 1 is 0.650 bits per heavy atom. The highest BCUT2D eigenvalue weighted by atomic mass is 16.4. The van der Waals surface area contributed by atoms with Crippen molar-refractivity contribution in [2.24, 2.45) is 11.8 Å². The van der Waals surface area contributed by atoms with Crippen LogP contribution in [-0.2, 0) is 9.59 Å². The van der Waals surface area contributed by atoms with Crippen LogP contribution in [0.4, 0.5) is 0 Å². The summed E-state index contributed by atoms with van der Waals surface area (Å²) in [5, 5.41) is 30.4. The molecule has 8 nitrogen and oxygen atoms in total. The van der Waals surface area contributed by atoms with E-state index in [-0.39, 0.29) is 0 Å². The molecule has 0 amide bonds. The van der Waals surface area contributed by atoms with Crippen molar-refractivity contribution in [1.82, 2.24) is 21.3 Å². The third-order valence-electron chi connectivity index (χ3n) is 3.22.